The topological polar surface area (TPSA) is 38.1 Å². The van der Waals surface area contributed by atoms with Crippen molar-refractivity contribution < 1.29 is 5.11 Å². The maximum Gasteiger partial charge on any atom is 0.0989 e. The Hall–Kier alpha value is -1.61. The van der Waals surface area contributed by atoms with Crippen LogP contribution in [0.15, 0.2) is 42.6 Å². The molecule has 18 heavy (non-hydrogen) atoms. The van der Waals surface area contributed by atoms with Gasteiger partial charge in [0.2, 0.25) is 0 Å². The van der Waals surface area contributed by atoms with Crippen molar-refractivity contribution in [3.63, 3.8) is 0 Å². The summed E-state index contributed by atoms with van der Waals surface area (Å²) in [4.78, 5) is 0. The molecule has 0 saturated heterocycles. The quantitative estimate of drug-likeness (QED) is 0.895. The van der Waals surface area contributed by atoms with Gasteiger partial charge in [-0.05, 0) is 42.9 Å². The fraction of sp³-hybridized carbons (Fsp3) is 0.400. The molecule has 1 aliphatic carbocycles. The number of benzene rings is 1. The smallest absolute Gasteiger partial charge is 0.0989 e. The Balaban J connectivity index is 1.91. The van der Waals surface area contributed by atoms with Gasteiger partial charge >= 0.3 is 0 Å². The summed E-state index contributed by atoms with van der Waals surface area (Å²) in [5.74, 6) is 0.989. The van der Waals surface area contributed by atoms with Crippen LogP contribution in [0.4, 0.5) is 0 Å². The number of aromatic nitrogens is 2. The third-order valence-corrected chi connectivity index (χ3v) is 3.84. The van der Waals surface area contributed by atoms with Crippen LogP contribution in [-0.4, -0.2) is 14.9 Å². The number of aliphatic hydroxyl groups is 1. The van der Waals surface area contributed by atoms with Gasteiger partial charge < -0.3 is 5.11 Å². The van der Waals surface area contributed by atoms with Crippen molar-refractivity contribution in [2.45, 2.75) is 25.9 Å². The van der Waals surface area contributed by atoms with Crippen LogP contribution in [0.2, 0.25) is 0 Å². The zero-order chi connectivity index (χ0) is 12.5. The lowest BCUT2D eigenvalue weighted by Crippen LogP contribution is -2.15. The maximum atomic E-state index is 10.5. The highest BCUT2D eigenvalue weighted by molar-refractivity contribution is 5.33. The number of para-hydroxylation sites is 1. The van der Waals surface area contributed by atoms with Crippen LogP contribution >= 0.6 is 0 Å². The second-order valence-corrected chi connectivity index (χ2v) is 5.14. The normalized spacial score (nSPS) is 18.6. The van der Waals surface area contributed by atoms with Gasteiger partial charge in [-0.1, -0.05) is 25.1 Å². The molecule has 0 aliphatic heterocycles. The summed E-state index contributed by atoms with van der Waals surface area (Å²) in [6.07, 6.45) is 3.82. The van der Waals surface area contributed by atoms with Gasteiger partial charge in [0.25, 0.3) is 0 Å². The highest BCUT2D eigenvalue weighted by Gasteiger charge is 2.34. The van der Waals surface area contributed by atoms with Crippen molar-refractivity contribution >= 4 is 0 Å². The molecule has 1 heterocycles. The number of hydrogen-bond acceptors (Lipinski definition) is 2. The molecule has 1 aromatic heterocycles. The zero-order valence-corrected chi connectivity index (χ0v) is 10.5. The van der Waals surface area contributed by atoms with Crippen molar-refractivity contribution in [1.82, 2.24) is 9.78 Å². The van der Waals surface area contributed by atoms with Gasteiger partial charge in [-0.25, -0.2) is 4.68 Å². The summed E-state index contributed by atoms with van der Waals surface area (Å²) in [5, 5.41) is 14.8. The van der Waals surface area contributed by atoms with E-state index in [0.717, 1.165) is 11.4 Å². The van der Waals surface area contributed by atoms with E-state index in [9.17, 15) is 5.11 Å². The van der Waals surface area contributed by atoms with Crippen molar-refractivity contribution in [3.8, 4) is 5.69 Å². The number of nitrogens with zero attached hydrogens (tertiary/aromatic N) is 2. The Labute approximate surface area is 107 Å². The molecule has 2 unspecified atom stereocenters. The fourth-order valence-corrected chi connectivity index (χ4v) is 2.47. The predicted octanol–water partition coefficient (Wildman–Crippen LogP) is 2.95. The van der Waals surface area contributed by atoms with E-state index in [2.05, 4.69) is 12.0 Å². The lowest BCUT2D eigenvalue weighted by atomic mass is 9.97. The average Bonchev–Trinajstić information content (AvgIpc) is 3.15. The molecule has 1 aromatic carbocycles. The van der Waals surface area contributed by atoms with Gasteiger partial charge in [0, 0.05) is 6.20 Å². The largest absolute Gasteiger partial charge is 0.387 e. The van der Waals surface area contributed by atoms with E-state index in [-0.39, 0.29) is 0 Å². The van der Waals surface area contributed by atoms with E-state index in [0.29, 0.717) is 11.8 Å². The summed E-state index contributed by atoms with van der Waals surface area (Å²) in [5.41, 5.74) is 1.89. The van der Waals surface area contributed by atoms with Crippen molar-refractivity contribution in [3.05, 3.63) is 48.3 Å². The van der Waals surface area contributed by atoms with Crippen LogP contribution in [-0.2, 0) is 0 Å². The highest BCUT2D eigenvalue weighted by atomic mass is 16.3. The maximum absolute atomic E-state index is 10.5. The summed E-state index contributed by atoms with van der Waals surface area (Å²) in [7, 11) is 0. The Bertz CT molecular complexity index is 516. The highest BCUT2D eigenvalue weighted by Crippen LogP contribution is 2.42. The second-order valence-electron chi connectivity index (χ2n) is 5.14. The Kier molecular flexibility index (Phi) is 2.92. The minimum atomic E-state index is -0.430. The van der Waals surface area contributed by atoms with E-state index < -0.39 is 6.10 Å². The molecule has 0 amide bonds. The Morgan fingerprint density at radius 1 is 1.22 bits per heavy atom. The molecule has 0 radical (unpaired) electrons. The minimum Gasteiger partial charge on any atom is -0.387 e. The van der Waals surface area contributed by atoms with Gasteiger partial charge in [0.1, 0.15) is 0 Å². The molecule has 3 nitrogen and oxygen atoms in total. The SMILES string of the molecule is CC(C1CC1)C(O)c1ccnn1-c1ccccc1. The molecule has 2 atom stereocenters. The van der Waals surface area contributed by atoms with Crippen LogP contribution < -0.4 is 0 Å². The van der Waals surface area contributed by atoms with Crippen LogP contribution in [0.25, 0.3) is 5.69 Å². The summed E-state index contributed by atoms with van der Waals surface area (Å²) in [6, 6.07) is 11.9. The molecule has 1 aliphatic rings. The van der Waals surface area contributed by atoms with Crippen molar-refractivity contribution in [2.75, 3.05) is 0 Å². The number of aliphatic hydroxyl groups excluding tert-OH is 1. The van der Waals surface area contributed by atoms with E-state index >= 15 is 0 Å². The molecule has 0 spiro atoms. The summed E-state index contributed by atoms with van der Waals surface area (Å²) in [6.45, 7) is 2.13. The summed E-state index contributed by atoms with van der Waals surface area (Å²) < 4.78 is 1.84. The van der Waals surface area contributed by atoms with Gasteiger partial charge in [-0.15, -0.1) is 0 Å². The Morgan fingerprint density at radius 2 is 1.94 bits per heavy atom. The van der Waals surface area contributed by atoms with Crippen LogP contribution in [0, 0.1) is 11.8 Å². The lowest BCUT2D eigenvalue weighted by molar-refractivity contribution is 0.0991. The first-order valence-corrected chi connectivity index (χ1v) is 6.55. The van der Waals surface area contributed by atoms with Gasteiger partial charge in [-0.2, -0.15) is 5.10 Å². The molecule has 1 fully saturated rings. The fourth-order valence-electron chi connectivity index (χ4n) is 2.47. The first-order chi connectivity index (χ1) is 8.77. The standard InChI is InChI=1S/C15H18N2O/c1-11(12-7-8-12)15(18)14-9-10-16-17(14)13-5-3-2-4-6-13/h2-6,9-12,15,18H,7-8H2,1H3. The monoisotopic (exact) mass is 242 g/mol. The molecule has 94 valence electrons. The third-order valence-electron chi connectivity index (χ3n) is 3.84. The van der Waals surface area contributed by atoms with E-state index in [1.165, 1.54) is 12.8 Å². The zero-order valence-electron chi connectivity index (χ0n) is 10.5. The summed E-state index contributed by atoms with van der Waals surface area (Å²) >= 11 is 0. The second kappa shape index (κ2) is 4.58. The van der Waals surface area contributed by atoms with Crippen molar-refractivity contribution in [1.29, 1.82) is 0 Å². The third kappa shape index (κ3) is 2.06. The van der Waals surface area contributed by atoms with Gasteiger partial charge in [-0.3, -0.25) is 0 Å². The number of rotatable bonds is 4. The molecule has 2 aromatic rings. The minimum absolute atomic E-state index is 0.309. The molecule has 3 rings (SSSR count). The van der Waals surface area contributed by atoms with E-state index in [1.54, 1.807) is 6.20 Å². The van der Waals surface area contributed by atoms with E-state index in [1.807, 2.05) is 41.1 Å². The van der Waals surface area contributed by atoms with Crippen molar-refractivity contribution in [2.24, 2.45) is 11.8 Å². The molecule has 1 N–H and O–H groups in total. The van der Waals surface area contributed by atoms with Crippen LogP contribution in [0.5, 0.6) is 0 Å². The van der Waals surface area contributed by atoms with Gasteiger partial charge in [0.15, 0.2) is 0 Å². The average molecular weight is 242 g/mol. The van der Waals surface area contributed by atoms with Crippen LogP contribution in [0.3, 0.4) is 0 Å². The molecule has 3 heteroatoms. The molecular formula is C15H18N2O. The van der Waals surface area contributed by atoms with Gasteiger partial charge in [0.05, 0.1) is 17.5 Å². The first-order valence-electron chi connectivity index (χ1n) is 6.55. The van der Waals surface area contributed by atoms with Crippen LogP contribution in [0.1, 0.15) is 31.6 Å². The Morgan fingerprint density at radius 3 is 2.61 bits per heavy atom. The molecule has 0 bridgehead atoms. The molecule has 1 saturated carbocycles. The predicted molar refractivity (Wildman–Crippen MR) is 70.4 cm³/mol. The number of hydrogen-bond donors (Lipinski definition) is 1. The first kappa shape index (κ1) is 11.5. The van der Waals surface area contributed by atoms with E-state index in [4.69, 9.17) is 0 Å². The molecular weight excluding hydrogens is 224 g/mol. The lowest BCUT2D eigenvalue weighted by Gasteiger charge is -2.19.